The predicted octanol–water partition coefficient (Wildman–Crippen LogP) is 2.61. The van der Waals surface area contributed by atoms with Crippen LogP contribution in [0.3, 0.4) is 0 Å². The van der Waals surface area contributed by atoms with Crippen LogP contribution in [0.2, 0.25) is 5.02 Å². The summed E-state index contributed by atoms with van der Waals surface area (Å²) in [7, 11) is 0. The summed E-state index contributed by atoms with van der Waals surface area (Å²) in [5.41, 5.74) is 7.86. The Morgan fingerprint density at radius 3 is 3.05 bits per heavy atom. The second kappa shape index (κ2) is 6.03. The van der Waals surface area contributed by atoms with E-state index in [0.29, 0.717) is 10.9 Å². The van der Waals surface area contributed by atoms with Crippen LogP contribution in [-0.2, 0) is 0 Å². The molecule has 1 aromatic heterocycles. The summed E-state index contributed by atoms with van der Waals surface area (Å²) in [4.78, 5) is 6.82. The van der Waals surface area contributed by atoms with Crippen molar-refractivity contribution in [1.82, 2.24) is 15.2 Å². The average molecular weight is 306 g/mol. The number of nitrogens with one attached hydrogen (secondary N) is 1. The smallest absolute Gasteiger partial charge is 0.245 e. The number of piperidine rings is 1. The van der Waals surface area contributed by atoms with Gasteiger partial charge in [0, 0.05) is 23.7 Å². The third-order valence-corrected chi connectivity index (χ3v) is 4.14. The predicted molar refractivity (Wildman–Crippen MR) is 85.6 cm³/mol. The average Bonchev–Trinajstić information content (AvgIpc) is 2.96. The van der Waals surface area contributed by atoms with Crippen LogP contribution in [-0.4, -0.2) is 34.8 Å². The van der Waals surface area contributed by atoms with E-state index in [1.165, 1.54) is 6.42 Å². The molecule has 0 radical (unpaired) electrons. The van der Waals surface area contributed by atoms with Crippen LogP contribution in [0.25, 0.3) is 11.4 Å². The molecule has 0 saturated carbocycles. The van der Waals surface area contributed by atoms with Crippen LogP contribution in [0.1, 0.15) is 18.4 Å². The normalized spacial score (nSPS) is 19.0. The number of benzene rings is 1. The summed E-state index contributed by atoms with van der Waals surface area (Å²) >= 11 is 6.11. The van der Waals surface area contributed by atoms with E-state index in [0.717, 1.165) is 49.0 Å². The number of hydrogen-bond donors (Lipinski definition) is 2. The molecule has 1 aromatic carbocycles. The van der Waals surface area contributed by atoms with Gasteiger partial charge < -0.3 is 10.6 Å². The molecule has 0 spiro atoms. The summed E-state index contributed by atoms with van der Waals surface area (Å²) in [6, 6.07) is 5.88. The molecular formula is C15H20ClN5. The number of nitrogens with zero attached hydrogens (tertiary/aromatic N) is 3. The Morgan fingerprint density at radius 2 is 2.29 bits per heavy atom. The topological polar surface area (TPSA) is 70.8 Å². The second-order valence-electron chi connectivity index (χ2n) is 5.69. The van der Waals surface area contributed by atoms with Crippen LogP contribution in [0.5, 0.6) is 0 Å². The summed E-state index contributed by atoms with van der Waals surface area (Å²) in [6.07, 6.45) is 2.33. The van der Waals surface area contributed by atoms with Gasteiger partial charge in [-0.2, -0.15) is 4.98 Å². The molecule has 0 aliphatic carbocycles. The molecule has 0 bridgehead atoms. The van der Waals surface area contributed by atoms with Gasteiger partial charge in [-0.25, -0.2) is 0 Å². The highest BCUT2D eigenvalue weighted by Crippen LogP contribution is 2.25. The molecule has 21 heavy (non-hydrogen) atoms. The number of aryl methyl sites for hydroxylation is 1. The van der Waals surface area contributed by atoms with Crippen LogP contribution in [0, 0.1) is 12.8 Å². The van der Waals surface area contributed by atoms with E-state index < -0.39 is 0 Å². The number of nitrogens with two attached hydrogens (primary N) is 1. The van der Waals surface area contributed by atoms with Gasteiger partial charge in [0.05, 0.1) is 0 Å². The summed E-state index contributed by atoms with van der Waals surface area (Å²) < 4.78 is 0. The first-order valence-electron chi connectivity index (χ1n) is 7.30. The zero-order valence-corrected chi connectivity index (χ0v) is 12.9. The van der Waals surface area contributed by atoms with Crippen LogP contribution >= 0.6 is 11.6 Å². The van der Waals surface area contributed by atoms with Crippen LogP contribution in [0.4, 0.5) is 5.95 Å². The van der Waals surface area contributed by atoms with E-state index in [4.69, 9.17) is 17.3 Å². The summed E-state index contributed by atoms with van der Waals surface area (Å²) in [5.74, 6) is 2.04. The minimum atomic E-state index is 0.536. The Morgan fingerprint density at radius 1 is 1.43 bits per heavy atom. The summed E-state index contributed by atoms with van der Waals surface area (Å²) in [6.45, 7) is 4.66. The molecule has 112 valence electrons. The monoisotopic (exact) mass is 305 g/mol. The first kappa shape index (κ1) is 14.4. The minimum absolute atomic E-state index is 0.536. The second-order valence-corrected chi connectivity index (χ2v) is 6.13. The number of aromatic nitrogens is 3. The van der Waals surface area contributed by atoms with Gasteiger partial charge in [-0.3, -0.25) is 5.10 Å². The molecule has 1 aliphatic heterocycles. The fourth-order valence-electron chi connectivity index (χ4n) is 2.84. The highest BCUT2D eigenvalue weighted by Gasteiger charge is 2.22. The van der Waals surface area contributed by atoms with Crippen molar-refractivity contribution in [3.8, 4) is 11.4 Å². The van der Waals surface area contributed by atoms with Crippen molar-refractivity contribution in [3.63, 3.8) is 0 Å². The molecule has 6 heteroatoms. The van der Waals surface area contributed by atoms with Gasteiger partial charge in [0.2, 0.25) is 5.95 Å². The molecular weight excluding hydrogens is 286 g/mol. The lowest BCUT2D eigenvalue weighted by molar-refractivity contribution is 0.420. The lowest BCUT2D eigenvalue weighted by atomic mass is 9.99. The van der Waals surface area contributed by atoms with Gasteiger partial charge in [0.1, 0.15) is 0 Å². The molecule has 3 rings (SSSR count). The molecule has 1 aliphatic rings. The maximum absolute atomic E-state index is 6.11. The van der Waals surface area contributed by atoms with Crippen molar-refractivity contribution in [2.45, 2.75) is 19.8 Å². The fourth-order valence-corrected chi connectivity index (χ4v) is 3.13. The van der Waals surface area contributed by atoms with Gasteiger partial charge in [-0.15, -0.1) is 5.10 Å². The Bertz CT molecular complexity index is 604. The van der Waals surface area contributed by atoms with Gasteiger partial charge in [0.15, 0.2) is 5.82 Å². The van der Waals surface area contributed by atoms with E-state index in [-0.39, 0.29) is 0 Å². The highest BCUT2D eigenvalue weighted by molar-refractivity contribution is 6.30. The quantitative estimate of drug-likeness (QED) is 0.914. The number of aromatic amines is 1. The molecule has 1 fully saturated rings. The zero-order chi connectivity index (χ0) is 14.8. The third kappa shape index (κ3) is 3.19. The minimum Gasteiger partial charge on any atom is -0.339 e. The van der Waals surface area contributed by atoms with E-state index >= 15 is 0 Å². The number of halogens is 1. The lowest BCUT2D eigenvalue weighted by Crippen LogP contribution is -2.38. The Hall–Kier alpha value is -1.59. The van der Waals surface area contributed by atoms with E-state index in [2.05, 4.69) is 26.1 Å². The maximum atomic E-state index is 6.11. The van der Waals surface area contributed by atoms with Crippen molar-refractivity contribution >= 4 is 17.5 Å². The molecule has 1 unspecified atom stereocenters. The van der Waals surface area contributed by atoms with Crippen molar-refractivity contribution in [1.29, 1.82) is 0 Å². The summed E-state index contributed by atoms with van der Waals surface area (Å²) in [5, 5.41) is 8.08. The molecule has 1 atom stereocenters. The molecule has 2 aromatic rings. The first-order valence-corrected chi connectivity index (χ1v) is 7.68. The number of anilines is 1. The number of H-pyrrole nitrogens is 1. The lowest BCUT2D eigenvalue weighted by Gasteiger charge is -2.31. The highest BCUT2D eigenvalue weighted by atomic mass is 35.5. The van der Waals surface area contributed by atoms with E-state index in [9.17, 15) is 0 Å². The molecule has 3 N–H and O–H groups in total. The maximum Gasteiger partial charge on any atom is 0.245 e. The third-order valence-electron chi connectivity index (χ3n) is 3.92. The Labute approximate surface area is 129 Å². The van der Waals surface area contributed by atoms with Crippen molar-refractivity contribution in [2.75, 3.05) is 24.5 Å². The van der Waals surface area contributed by atoms with Gasteiger partial charge >= 0.3 is 0 Å². The van der Waals surface area contributed by atoms with Crippen molar-refractivity contribution < 1.29 is 0 Å². The van der Waals surface area contributed by atoms with Crippen molar-refractivity contribution in [2.24, 2.45) is 11.7 Å². The first-order chi connectivity index (χ1) is 10.2. The molecule has 2 heterocycles. The van der Waals surface area contributed by atoms with Gasteiger partial charge in [-0.05, 0) is 56.0 Å². The zero-order valence-electron chi connectivity index (χ0n) is 12.1. The SMILES string of the molecule is Cc1cc(Cl)cc(-c2nc(N3CCCC(CN)C3)n[nH]2)c1. The largest absolute Gasteiger partial charge is 0.339 e. The van der Waals surface area contributed by atoms with Gasteiger partial charge in [0.25, 0.3) is 0 Å². The van der Waals surface area contributed by atoms with Crippen LogP contribution in [0.15, 0.2) is 18.2 Å². The van der Waals surface area contributed by atoms with Crippen molar-refractivity contribution in [3.05, 3.63) is 28.8 Å². The standard InChI is InChI=1S/C15H20ClN5/c1-10-5-12(7-13(16)6-10)14-18-15(20-19-14)21-4-2-3-11(8-17)9-21/h5-7,11H,2-4,8-9,17H2,1H3,(H,18,19,20). The Balaban J connectivity index is 1.82. The Kier molecular flexibility index (Phi) is 4.12. The fraction of sp³-hybridized carbons (Fsp3) is 0.467. The molecule has 5 nitrogen and oxygen atoms in total. The number of hydrogen-bond acceptors (Lipinski definition) is 4. The molecule has 0 amide bonds. The molecule has 1 saturated heterocycles. The van der Waals surface area contributed by atoms with Crippen LogP contribution < -0.4 is 10.6 Å². The van der Waals surface area contributed by atoms with E-state index in [1.54, 1.807) is 0 Å². The van der Waals surface area contributed by atoms with E-state index in [1.807, 2.05) is 19.1 Å². The van der Waals surface area contributed by atoms with Gasteiger partial charge in [-0.1, -0.05) is 11.6 Å². The number of rotatable bonds is 3.